The van der Waals surface area contributed by atoms with E-state index in [1.165, 1.54) is 0 Å². The Morgan fingerprint density at radius 1 is 1.44 bits per heavy atom. The average molecular weight is 247 g/mol. The number of unbranched alkanes of at least 4 members (excludes halogenated alkanes) is 1. The summed E-state index contributed by atoms with van der Waals surface area (Å²) in [6.45, 7) is 13.8. The van der Waals surface area contributed by atoms with Gasteiger partial charge in [0.05, 0.1) is 18.4 Å². The summed E-state index contributed by atoms with van der Waals surface area (Å²) in [6.07, 6.45) is 6.31. The minimum atomic E-state index is 0.400. The van der Waals surface area contributed by atoms with Gasteiger partial charge in [0.15, 0.2) is 0 Å². The molecule has 0 unspecified atom stereocenters. The van der Waals surface area contributed by atoms with Crippen molar-refractivity contribution in [3.8, 4) is 6.07 Å². The molecule has 0 aliphatic heterocycles. The monoisotopic (exact) mass is 247 g/mol. The minimum absolute atomic E-state index is 0.400. The SMILES string of the molecule is C=C/C(=C\C(=C)C#N)CN=C(N)CCCC.CC. The molecular weight excluding hydrogens is 222 g/mol. The molecule has 0 aliphatic rings. The maximum Gasteiger partial charge on any atom is 0.0985 e. The van der Waals surface area contributed by atoms with Gasteiger partial charge in [-0.15, -0.1) is 0 Å². The van der Waals surface area contributed by atoms with E-state index in [1.54, 1.807) is 12.2 Å². The fourth-order valence-corrected chi connectivity index (χ4v) is 1.05. The van der Waals surface area contributed by atoms with Crippen LogP contribution in [0.4, 0.5) is 0 Å². The van der Waals surface area contributed by atoms with Crippen molar-refractivity contribution in [1.82, 2.24) is 0 Å². The second kappa shape index (κ2) is 13.2. The number of hydrogen-bond acceptors (Lipinski definition) is 2. The summed E-state index contributed by atoms with van der Waals surface area (Å²) in [5.41, 5.74) is 6.98. The average Bonchev–Trinajstić information content (AvgIpc) is 2.42. The molecule has 0 aromatic heterocycles. The molecule has 0 heterocycles. The Labute approximate surface area is 111 Å². The number of allylic oxidation sites excluding steroid dienone is 2. The zero-order valence-corrected chi connectivity index (χ0v) is 11.9. The predicted molar refractivity (Wildman–Crippen MR) is 80.4 cm³/mol. The molecular formula is C15H25N3. The van der Waals surface area contributed by atoms with Crippen LogP contribution in [0.3, 0.4) is 0 Å². The lowest BCUT2D eigenvalue weighted by molar-refractivity contribution is 0.828. The smallest absolute Gasteiger partial charge is 0.0985 e. The Hall–Kier alpha value is -1.82. The van der Waals surface area contributed by atoms with Crippen LogP contribution in [-0.4, -0.2) is 12.4 Å². The Balaban J connectivity index is 0. The highest BCUT2D eigenvalue weighted by Crippen LogP contribution is 2.03. The first kappa shape index (κ1) is 18.5. The van der Waals surface area contributed by atoms with Crippen LogP contribution in [0.1, 0.15) is 40.0 Å². The molecule has 3 heteroatoms. The summed E-state index contributed by atoms with van der Waals surface area (Å²) in [5, 5.41) is 8.58. The van der Waals surface area contributed by atoms with Crippen LogP contribution in [0.5, 0.6) is 0 Å². The standard InChI is InChI=1S/C13H19N3.C2H6/c1-4-6-7-13(15)16-10-12(5-2)8-11(3)9-14;1-2/h5,8H,2-4,6-7,10H2,1H3,(H2,15,16);1-2H3/b12-8+;. The van der Waals surface area contributed by atoms with Crippen LogP contribution < -0.4 is 5.73 Å². The Kier molecular flexibility index (Phi) is 13.6. The molecule has 100 valence electrons. The first-order valence-corrected chi connectivity index (χ1v) is 6.34. The third-order valence-electron chi connectivity index (χ3n) is 2.02. The molecule has 0 bridgehead atoms. The van der Waals surface area contributed by atoms with E-state index >= 15 is 0 Å². The first-order valence-electron chi connectivity index (χ1n) is 6.34. The quantitative estimate of drug-likeness (QED) is 0.322. The van der Waals surface area contributed by atoms with Crippen molar-refractivity contribution in [2.45, 2.75) is 40.0 Å². The third kappa shape index (κ3) is 10.7. The third-order valence-corrected chi connectivity index (χ3v) is 2.02. The highest BCUT2D eigenvalue weighted by atomic mass is 14.8. The Bertz CT molecular complexity index is 343. The summed E-state index contributed by atoms with van der Waals surface area (Å²) < 4.78 is 0. The van der Waals surface area contributed by atoms with Gasteiger partial charge in [0.1, 0.15) is 0 Å². The molecule has 0 rings (SSSR count). The lowest BCUT2D eigenvalue weighted by Crippen LogP contribution is -2.12. The molecule has 0 saturated carbocycles. The minimum Gasteiger partial charge on any atom is -0.387 e. The molecule has 0 saturated heterocycles. The normalized spacial score (nSPS) is 11.0. The van der Waals surface area contributed by atoms with Crippen molar-refractivity contribution in [1.29, 1.82) is 5.26 Å². The second-order valence-corrected chi connectivity index (χ2v) is 3.47. The summed E-state index contributed by atoms with van der Waals surface area (Å²) in [5.74, 6) is 0.650. The summed E-state index contributed by atoms with van der Waals surface area (Å²) in [4.78, 5) is 4.22. The van der Waals surface area contributed by atoms with Crippen molar-refractivity contribution in [3.63, 3.8) is 0 Å². The van der Waals surface area contributed by atoms with E-state index in [9.17, 15) is 0 Å². The highest BCUT2D eigenvalue weighted by molar-refractivity contribution is 5.80. The largest absolute Gasteiger partial charge is 0.387 e. The van der Waals surface area contributed by atoms with Gasteiger partial charge < -0.3 is 5.73 Å². The van der Waals surface area contributed by atoms with Crippen molar-refractivity contribution in [2.24, 2.45) is 10.7 Å². The molecule has 18 heavy (non-hydrogen) atoms. The van der Waals surface area contributed by atoms with E-state index in [2.05, 4.69) is 25.1 Å². The van der Waals surface area contributed by atoms with Crippen LogP contribution >= 0.6 is 0 Å². The molecule has 0 aliphatic carbocycles. The molecule has 3 nitrogen and oxygen atoms in total. The number of aliphatic imine (C=N–C) groups is 1. The fourth-order valence-electron chi connectivity index (χ4n) is 1.05. The number of amidine groups is 1. The van der Waals surface area contributed by atoms with Crippen LogP contribution in [0, 0.1) is 11.3 Å². The van der Waals surface area contributed by atoms with Gasteiger partial charge in [-0.2, -0.15) is 5.26 Å². The number of nitriles is 1. The molecule has 0 aromatic rings. The van der Waals surface area contributed by atoms with Gasteiger partial charge in [-0.1, -0.05) is 46.4 Å². The zero-order chi connectivity index (χ0) is 14.4. The van der Waals surface area contributed by atoms with Gasteiger partial charge in [0.25, 0.3) is 0 Å². The summed E-state index contributed by atoms with van der Waals surface area (Å²) in [6, 6.07) is 1.95. The molecule has 0 amide bonds. The van der Waals surface area contributed by atoms with Crippen molar-refractivity contribution < 1.29 is 0 Å². The second-order valence-electron chi connectivity index (χ2n) is 3.47. The van der Waals surface area contributed by atoms with Gasteiger partial charge in [-0.25, -0.2) is 0 Å². The van der Waals surface area contributed by atoms with Gasteiger partial charge in [-0.3, -0.25) is 4.99 Å². The number of hydrogen-bond donors (Lipinski definition) is 1. The Morgan fingerprint density at radius 3 is 2.50 bits per heavy atom. The van der Waals surface area contributed by atoms with E-state index in [-0.39, 0.29) is 0 Å². The fraction of sp³-hybridized carbons (Fsp3) is 0.467. The Morgan fingerprint density at radius 2 is 2.06 bits per heavy atom. The number of nitrogens with two attached hydrogens (primary N) is 1. The molecule has 0 radical (unpaired) electrons. The van der Waals surface area contributed by atoms with Gasteiger partial charge in [0.2, 0.25) is 0 Å². The molecule has 0 aromatic carbocycles. The lowest BCUT2D eigenvalue weighted by Gasteiger charge is -2.00. The van der Waals surface area contributed by atoms with E-state index in [0.717, 1.165) is 24.8 Å². The first-order chi connectivity index (χ1) is 8.63. The topological polar surface area (TPSA) is 62.2 Å². The van der Waals surface area contributed by atoms with E-state index in [4.69, 9.17) is 11.0 Å². The van der Waals surface area contributed by atoms with Gasteiger partial charge >= 0.3 is 0 Å². The number of rotatable bonds is 7. The molecule has 0 spiro atoms. The predicted octanol–water partition coefficient (Wildman–Crippen LogP) is 3.75. The van der Waals surface area contributed by atoms with Crippen LogP contribution in [0.2, 0.25) is 0 Å². The maximum absolute atomic E-state index is 8.58. The summed E-state index contributed by atoms with van der Waals surface area (Å²) >= 11 is 0. The van der Waals surface area contributed by atoms with Crippen LogP contribution in [0.25, 0.3) is 0 Å². The molecule has 0 fully saturated rings. The van der Waals surface area contributed by atoms with Gasteiger partial charge in [0, 0.05) is 12.0 Å². The number of nitrogens with zero attached hydrogens (tertiary/aromatic N) is 2. The van der Waals surface area contributed by atoms with Crippen molar-refractivity contribution >= 4 is 5.84 Å². The highest BCUT2D eigenvalue weighted by Gasteiger charge is 1.95. The maximum atomic E-state index is 8.58. The molecule has 0 atom stereocenters. The van der Waals surface area contributed by atoms with Crippen molar-refractivity contribution in [3.05, 3.63) is 36.5 Å². The summed E-state index contributed by atoms with van der Waals surface area (Å²) in [7, 11) is 0. The van der Waals surface area contributed by atoms with Gasteiger partial charge in [-0.05, 0) is 18.1 Å². The van der Waals surface area contributed by atoms with E-state index in [0.29, 0.717) is 18.0 Å². The van der Waals surface area contributed by atoms with E-state index < -0.39 is 0 Å². The lowest BCUT2D eigenvalue weighted by atomic mass is 10.2. The van der Waals surface area contributed by atoms with Crippen LogP contribution in [-0.2, 0) is 0 Å². The zero-order valence-electron chi connectivity index (χ0n) is 11.9. The van der Waals surface area contributed by atoms with Crippen molar-refractivity contribution in [2.75, 3.05) is 6.54 Å². The van der Waals surface area contributed by atoms with Crippen LogP contribution in [0.15, 0.2) is 41.4 Å². The van der Waals surface area contributed by atoms with E-state index in [1.807, 2.05) is 19.9 Å². The molecule has 2 N–H and O–H groups in total.